The number of amides is 1. The van der Waals surface area contributed by atoms with Crippen molar-refractivity contribution in [2.24, 2.45) is 5.41 Å². The summed E-state index contributed by atoms with van der Waals surface area (Å²) in [5, 5.41) is 12.9. The molecular formula is C11H15N3O3S. The molecule has 2 rings (SSSR count). The van der Waals surface area contributed by atoms with E-state index in [0.717, 1.165) is 11.5 Å². The van der Waals surface area contributed by atoms with Crippen molar-refractivity contribution in [3.05, 3.63) is 10.6 Å². The molecule has 0 spiro atoms. The number of aliphatic carboxylic acids is 1. The molecule has 6 nitrogen and oxygen atoms in total. The van der Waals surface area contributed by atoms with Gasteiger partial charge in [-0.1, -0.05) is 4.49 Å². The molecule has 0 aliphatic carbocycles. The minimum atomic E-state index is -0.787. The highest BCUT2D eigenvalue weighted by atomic mass is 32.1. The lowest BCUT2D eigenvalue weighted by molar-refractivity contribution is -0.150. The van der Waals surface area contributed by atoms with Crippen molar-refractivity contribution < 1.29 is 14.7 Å². The first-order chi connectivity index (χ1) is 8.44. The van der Waals surface area contributed by atoms with Gasteiger partial charge in [0.2, 0.25) is 0 Å². The van der Waals surface area contributed by atoms with Crippen LogP contribution in [0.4, 0.5) is 0 Å². The molecular weight excluding hydrogens is 254 g/mol. The molecule has 18 heavy (non-hydrogen) atoms. The normalized spacial score (nSPS) is 18.7. The van der Waals surface area contributed by atoms with Crippen LogP contribution in [0.25, 0.3) is 0 Å². The van der Waals surface area contributed by atoms with Gasteiger partial charge < -0.3 is 10.0 Å². The second-order valence-corrected chi connectivity index (χ2v) is 5.60. The van der Waals surface area contributed by atoms with Crippen LogP contribution in [0.2, 0.25) is 0 Å². The molecule has 0 radical (unpaired) electrons. The predicted octanol–water partition coefficient (Wildman–Crippen LogP) is 1.17. The predicted molar refractivity (Wildman–Crippen MR) is 65.5 cm³/mol. The second kappa shape index (κ2) is 4.64. The number of piperidine rings is 1. The van der Waals surface area contributed by atoms with Crippen LogP contribution in [0, 0.1) is 12.3 Å². The topological polar surface area (TPSA) is 83.4 Å². The SMILES string of the molecule is Cc1nnsc1C(=O)N1CCC(C)(C(=O)O)CC1. The largest absolute Gasteiger partial charge is 0.481 e. The van der Waals surface area contributed by atoms with Crippen molar-refractivity contribution in [2.45, 2.75) is 26.7 Å². The third-order valence-electron chi connectivity index (χ3n) is 3.52. The average Bonchev–Trinajstić information content (AvgIpc) is 2.75. The van der Waals surface area contributed by atoms with Crippen molar-refractivity contribution >= 4 is 23.4 Å². The number of likely N-dealkylation sites (tertiary alicyclic amines) is 1. The first kappa shape index (κ1) is 12.9. The summed E-state index contributed by atoms with van der Waals surface area (Å²) < 4.78 is 3.74. The molecule has 1 saturated heterocycles. The molecule has 0 aromatic carbocycles. The van der Waals surface area contributed by atoms with E-state index >= 15 is 0 Å². The number of nitrogens with zero attached hydrogens (tertiary/aromatic N) is 3. The molecule has 1 aromatic rings. The number of hydrogen-bond acceptors (Lipinski definition) is 5. The van der Waals surface area contributed by atoms with E-state index in [4.69, 9.17) is 5.11 Å². The number of aromatic nitrogens is 2. The summed E-state index contributed by atoms with van der Waals surface area (Å²) in [5.74, 6) is -0.875. The fraction of sp³-hybridized carbons (Fsp3) is 0.636. The molecule has 1 N–H and O–H groups in total. The Bertz CT molecular complexity index is 478. The summed E-state index contributed by atoms with van der Waals surface area (Å²) >= 11 is 1.09. The Morgan fingerprint density at radius 1 is 1.39 bits per heavy atom. The van der Waals surface area contributed by atoms with Gasteiger partial charge in [0.1, 0.15) is 4.88 Å². The fourth-order valence-electron chi connectivity index (χ4n) is 1.99. The van der Waals surface area contributed by atoms with Crippen molar-refractivity contribution in [3.8, 4) is 0 Å². The van der Waals surface area contributed by atoms with Gasteiger partial charge in [-0.2, -0.15) is 0 Å². The van der Waals surface area contributed by atoms with Crippen molar-refractivity contribution in [3.63, 3.8) is 0 Å². The van der Waals surface area contributed by atoms with Crippen LogP contribution in [-0.2, 0) is 4.79 Å². The van der Waals surface area contributed by atoms with E-state index in [1.165, 1.54) is 0 Å². The lowest BCUT2D eigenvalue weighted by atomic mass is 9.80. The van der Waals surface area contributed by atoms with E-state index in [9.17, 15) is 9.59 Å². The molecule has 1 amide bonds. The summed E-state index contributed by atoms with van der Waals surface area (Å²) in [4.78, 5) is 25.5. The number of hydrogen-bond donors (Lipinski definition) is 1. The molecule has 7 heteroatoms. The Hall–Kier alpha value is -1.50. The maximum absolute atomic E-state index is 12.2. The number of carboxylic acids is 1. The summed E-state index contributed by atoms with van der Waals surface area (Å²) in [7, 11) is 0. The van der Waals surface area contributed by atoms with Crippen LogP contribution < -0.4 is 0 Å². The van der Waals surface area contributed by atoms with Crippen molar-refractivity contribution in [1.82, 2.24) is 14.5 Å². The summed E-state index contributed by atoms with van der Waals surface area (Å²) in [6.45, 7) is 4.43. The standard InChI is InChI=1S/C11H15N3O3S/c1-7-8(18-13-12-7)9(15)14-5-3-11(2,4-6-14)10(16)17/h3-6H2,1-2H3,(H,16,17). The van der Waals surface area contributed by atoms with E-state index in [1.807, 2.05) is 0 Å². The number of rotatable bonds is 2. The number of carbonyl (C=O) groups excluding carboxylic acids is 1. The fourth-order valence-corrected chi connectivity index (χ4v) is 2.61. The van der Waals surface area contributed by atoms with E-state index < -0.39 is 11.4 Å². The number of aryl methyl sites for hydroxylation is 1. The highest BCUT2D eigenvalue weighted by Gasteiger charge is 2.38. The second-order valence-electron chi connectivity index (χ2n) is 4.85. The zero-order valence-corrected chi connectivity index (χ0v) is 11.2. The molecule has 0 atom stereocenters. The maximum atomic E-state index is 12.2. The molecule has 1 aliphatic heterocycles. The summed E-state index contributed by atoms with van der Waals surface area (Å²) in [6.07, 6.45) is 0.971. The van der Waals surface area contributed by atoms with Gasteiger partial charge in [0.05, 0.1) is 11.1 Å². The van der Waals surface area contributed by atoms with E-state index in [1.54, 1.807) is 18.7 Å². The van der Waals surface area contributed by atoms with Gasteiger partial charge in [-0.15, -0.1) is 5.10 Å². The first-order valence-corrected chi connectivity index (χ1v) is 6.53. The molecule has 2 heterocycles. The van der Waals surface area contributed by atoms with Crippen LogP contribution in [0.15, 0.2) is 0 Å². The zero-order chi connectivity index (χ0) is 13.3. The van der Waals surface area contributed by atoms with E-state index in [-0.39, 0.29) is 5.91 Å². The molecule has 1 fully saturated rings. The molecule has 98 valence electrons. The number of carboxylic acid groups (broad SMARTS) is 1. The summed E-state index contributed by atoms with van der Waals surface area (Å²) in [6, 6.07) is 0. The highest BCUT2D eigenvalue weighted by molar-refractivity contribution is 7.07. The van der Waals surface area contributed by atoms with Gasteiger partial charge >= 0.3 is 5.97 Å². The lowest BCUT2D eigenvalue weighted by Gasteiger charge is -2.36. The van der Waals surface area contributed by atoms with E-state index in [2.05, 4.69) is 9.59 Å². The smallest absolute Gasteiger partial charge is 0.309 e. The van der Waals surface area contributed by atoms with Gasteiger partial charge in [0.15, 0.2) is 0 Å². The Morgan fingerprint density at radius 2 is 2.00 bits per heavy atom. The quantitative estimate of drug-likeness (QED) is 0.871. The maximum Gasteiger partial charge on any atom is 0.309 e. The Labute approximate surface area is 109 Å². The van der Waals surface area contributed by atoms with Crippen LogP contribution in [0.1, 0.15) is 35.1 Å². The zero-order valence-electron chi connectivity index (χ0n) is 10.3. The van der Waals surface area contributed by atoms with Crippen LogP contribution in [-0.4, -0.2) is 44.6 Å². The monoisotopic (exact) mass is 269 g/mol. The lowest BCUT2D eigenvalue weighted by Crippen LogP contribution is -2.45. The van der Waals surface area contributed by atoms with Gasteiger partial charge in [-0.3, -0.25) is 9.59 Å². The Kier molecular flexibility index (Phi) is 3.34. The summed E-state index contributed by atoms with van der Waals surface area (Å²) in [5.41, 5.74) is -0.0748. The minimum Gasteiger partial charge on any atom is -0.481 e. The molecule has 1 aromatic heterocycles. The molecule has 0 bridgehead atoms. The third-order valence-corrected chi connectivity index (χ3v) is 4.33. The van der Waals surface area contributed by atoms with Gasteiger partial charge in [0.25, 0.3) is 5.91 Å². The first-order valence-electron chi connectivity index (χ1n) is 5.76. The highest BCUT2D eigenvalue weighted by Crippen LogP contribution is 2.31. The van der Waals surface area contributed by atoms with Crippen molar-refractivity contribution in [2.75, 3.05) is 13.1 Å². The van der Waals surface area contributed by atoms with Crippen LogP contribution in [0.3, 0.4) is 0 Å². The molecule has 1 aliphatic rings. The minimum absolute atomic E-state index is 0.0880. The van der Waals surface area contributed by atoms with Gasteiger partial charge in [-0.05, 0) is 38.2 Å². The van der Waals surface area contributed by atoms with Gasteiger partial charge in [0, 0.05) is 13.1 Å². The van der Waals surface area contributed by atoms with Gasteiger partial charge in [-0.25, -0.2) is 0 Å². The van der Waals surface area contributed by atoms with E-state index in [0.29, 0.717) is 36.5 Å². The Morgan fingerprint density at radius 3 is 2.44 bits per heavy atom. The Balaban J connectivity index is 2.05. The average molecular weight is 269 g/mol. The number of carbonyl (C=O) groups is 2. The molecule has 0 saturated carbocycles. The van der Waals surface area contributed by atoms with Crippen LogP contribution >= 0.6 is 11.5 Å². The van der Waals surface area contributed by atoms with Crippen molar-refractivity contribution in [1.29, 1.82) is 0 Å². The molecule has 0 unspecified atom stereocenters. The van der Waals surface area contributed by atoms with Crippen LogP contribution in [0.5, 0.6) is 0 Å². The third kappa shape index (κ3) is 2.22.